The third-order valence-corrected chi connectivity index (χ3v) is 5.86. The third kappa shape index (κ3) is 3.81. The molecule has 0 unspecified atom stereocenters. The van der Waals surface area contributed by atoms with E-state index < -0.39 is 0 Å². The van der Waals surface area contributed by atoms with E-state index >= 15 is 0 Å². The lowest BCUT2D eigenvalue weighted by Gasteiger charge is -2.36. The Hall–Kier alpha value is -2.98. The highest BCUT2D eigenvalue weighted by Crippen LogP contribution is 2.33. The first-order chi connectivity index (χ1) is 14.4. The van der Waals surface area contributed by atoms with E-state index in [1.54, 1.807) is 0 Å². The zero-order valence-corrected chi connectivity index (χ0v) is 16.7. The maximum absolute atomic E-state index is 6.21. The van der Waals surface area contributed by atoms with Crippen molar-refractivity contribution in [3.63, 3.8) is 0 Å². The van der Waals surface area contributed by atoms with E-state index in [1.165, 1.54) is 16.5 Å². The van der Waals surface area contributed by atoms with Gasteiger partial charge in [0.25, 0.3) is 0 Å². The molecule has 1 aliphatic heterocycles. The molecule has 1 fully saturated rings. The van der Waals surface area contributed by atoms with Crippen molar-refractivity contribution in [2.24, 2.45) is 0 Å². The zero-order valence-electron chi connectivity index (χ0n) is 16.7. The normalized spacial score (nSPS) is 15.2. The predicted octanol–water partition coefficient (Wildman–Crippen LogP) is 4.91. The number of nitrogens with one attached hydrogen (secondary N) is 1. The molecule has 148 valence electrons. The standard InChI is InChI=1S/C25H27N3O/c1-2-8-20(9-3-1)28-17-15-27(16-18-28)14-7-19-29-24-13-6-12-23-25(24)21-10-4-5-11-22(21)26-23/h1-6,8-13,26H,7,14-19H2. The highest BCUT2D eigenvalue weighted by Gasteiger charge is 2.16. The number of aromatic nitrogens is 1. The molecule has 0 saturated carbocycles. The van der Waals surface area contributed by atoms with Crippen LogP contribution >= 0.6 is 0 Å². The Morgan fingerprint density at radius 2 is 1.52 bits per heavy atom. The van der Waals surface area contributed by atoms with Gasteiger partial charge in [0.15, 0.2) is 0 Å². The van der Waals surface area contributed by atoms with Gasteiger partial charge in [-0.1, -0.05) is 42.5 Å². The van der Waals surface area contributed by atoms with Crippen molar-refractivity contribution in [1.29, 1.82) is 0 Å². The minimum atomic E-state index is 0.748. The number of fused-ring (bicyclic) bond motifs is 3. The van der Waals surface area contributed by atoms with Crippen molar-refractivity contribution in [3.8, 4) is 5.75 Å². The van der Waals surface area contributed by atoms with Gasteiger partial charge in [-0.2, -0.15) is 0 Å². The number of anilines is 1. The summed E-state index contributed by atoms with van der Waals surface area (Å²) in [6, 6.07) is 25.4. The molecular weight excluding hydrogens is 358 g/mol. The van der Waals surface area contributed by atoms with E-state index in [4.69, 9.17) is 4.74 Å². The number of para-hydroxylation sites is 2. The molecule has 4 aromatic rings. The first-order valence-corrected chi connectivity index (χ1v) is 10.5. The molecule has 2 heterocycles. The van der Waals surface area contributed by atoms with Crippen LogP contribution in [0.25, 0.3) is 21.8 Å². The minimum Gasteiger partial charge on any atom is -0.493 e. The Kier molecular flexibility index (Phi) is 5.10. The number of H-pyrrole nitrogens is 1. The zero-order chi connectivity index (χ0) is 19.5. The second-order valence-electron chi connectivity index (χ2n) is 7.72. The Bertz CT molecular complexity index is 1080. The number of benzene rings is 3. The smallest absolute Gasteiger partial charge is 0.129 e. The first kappa shape index (κ1) is 18.1. The number of rotatable bonds is 6. The lowest BCUT2D eigenvalue weighted by atomic mass is 10.1. The van der Waals surface area contributed by atoms with Crippen molar-refractivity contribution in [3.05, 3.63) is 72.8 Å². The molecule has 1 N–H and O–H groups in total. The molecule has 5 rings (SSSR count). The second kappa shape index (κ2) is 8.18. The topological polar surface area (TPSA) is 31.5 Å². The van der Waals surface area contributed by atoms with Crippen LogP contribution in [-0.2, 0) is 0 Å². The fourth-order valence-electron chi connectivity index (χ4n) is 4.33. The fraction of sp³-hybridized carbons (Fsp3) is 0.280. The molecule has 0 radical (unpaired) electrons. The Balaban J connectivity index is 1.15. The van der Waals surface area contributed by atoms with Crippen molar-refractivity contribution >= 4 is 27.5 Å². The van der Waals surface area contributed by atoms with Gasteiger partial charge in [0.2, 0.25) is 0 Å². The van der Waals surface area contributed by atoms with E-state index in [-0.39, 0.29) is 0 Å². The molecule has 4 heteroatoms. The summed E-state index contributed by atoms with van der Waals surface area (Å²) in [6.45, 7) is 6.27. The van der Waals surface area contributed by atoms with Crippen LogP contribution in [0.3, 0.4) is 0 Å². The SMILES string of the molecule is c1ccc(N2CCN(CCCOc3cccc4[nH]c5ccccc5c34)CC2)cc1. The van der Waals surface area contributed by atoms with Crippen molar-refractivity contribution < 1.29 is 4.74 Å². The van der Waals surface area contributed by atoms with Gasteiger partial charge in [-0.25, -0.2) is 0 Å². The van der Waals surface area contributed by atoms with E-state index in [0.717, 1.165) is 62.5 Å². The Labute approximate surface area is 171 Å². The summed E-state index contributed by atoms with van der Waals surface area (Å²) in [5.41, 5.74) is 3.64. The average Bonchev–Trinajstić information content (AvgIpc) is 3.17. The van der Waals surface area contributed by atoms with E-state index in [2.05, 4.69) is 87.6 Å². The number of nitrogens with zero attached hydrogens (tertiary/aromatic N) is 2. The van der Waals surface area contributed by atoms with Gasteiger partial charge in [0.05, 0.1) is 12.1 Å². The minimum absolute atomic E-state index is 0.748. The predicted molar refractivity (Wildman–Crippen MR) is 121 cm³/mol. The van der Waals surface area contributed by atoms with Gasteiger partial charge < -0.3 is 14.6 Å². The van der Waals surface area contributed by atoms with Crippen molar-refractivity contribution in [1.82, 2.24) is 9.88 Å². The number of hydrogen-bond donors (Lipinski definition) is 1. The molecular formula is C25H27N3O. The largest absolute Gasteiger partial charge is 0.493 e. The van der Waals surface area contributed by atoms with Crippen LogP contribution in [0.4, 0.5) is 5.69 Å². The van der Waals surface area contributed by atoms with Crippen LogP contribution in [-0.4, -0.2) is 49.2 Å². The maximum atomic E-state index is 6.21. The van der Waals surface area contributed by atoms with Gasteiger partial charge in [0, 0.05) is 54.7 Å². The fourth-order valence-corrected chi connectivity index (χ4v) is 4.33. The van der Waals surface area contributed by atoms with Crippen molar-refractivity contribution in [2.75, 3.05) is 44.2 Å². The molecule has 0 bridgehead atoms. The number of hydrogen-bond acceptors (Lipinski definition) is 3. The lowest BCUT2D eigenvalue weighted by molar-refractivity contribution is 0.225. The summed E-state index contributed by atoms with van der Waals surface area (Å²) in [5.74, 6) is 0.980. The monoisotopic (exact) mass is 385 g/mol. The Morgan fingerprint density at radius 3 is 2.38 bits per heavy atom. The summed E-state index contributed by atoms with van der Waals surface area (Å²) < 4.78 is 6.21. The molecule has 1 aliphatic rings. The average molecular weight is 386 g/mol. The number of ether oxygens (including phenoxy) is 1. The quantitative estimate of drug-likeness (QED) is 0.479. The summed E-state index contributed by atoms with van der Waals surface area (Å²) in [7, 11) is 0. The number of piperazine rings is 1. The molecule has 0 atom stereocenters. The van der Waals surface area contributed by atoms with Gasteiger partial charge in [0.1, 0.15) is 5.75 Å². The molecule has 0 amide bonds. The molecule has 4 nitrogen and oxygen atoms in total. The van der Waals surface area contributed by atoms with Gasteiger partial charge >= 0.3 is 0 Å². The van der Waals surface area contributed by atoms with Crippen molar-refractivity contribution in [2.45, 2.75) is 6.42 Å². The van der Waals surface area contributed by atoms with Crippen LogP contribution in [0.2, 0.25) is 0 Å². The molecule has 29 heavy (non-hydrogen) atoms. The number of aromatic amines is 1. The van der Waals surface area contributed by atoms with Crippen LogP contribution < -0.4 is 9.64 Å². The van der Waals surface area contributed by atoms with Crippen LogP contribution in [0, 0.1) is 0 Å². The van der Waals surface area contributed by atoms with Crippen LogP contribution in [0.5, 0.6) is 5.75 Å². The lowest BCUT2D eigenvalue weighted by Crippen LogP contribution is -2.46. The molecule has 0 spiro atoms. The van der Waals surface area contributed by atoms with E-state index in [9.17, 15) is 0 Å². The van der Waals surface area contributed by atoms with Gasteiger partial charge in [-0.3, -0.25) is 4.90 Å². The molecule has 1 saturated heterocycles. The molecule has 3 aromatic carbocycles. The second-order valence-corrected chi connectivity index (χ2v) is 7.72. The van der Waals surface area contributed by atoms with Gasteiger partial charge in [-0.05, 0) is 36.8 Å². The van der Waals surface area contributed by atoms with Crippen LogP contribution in [0.15, 0.2) is 72.8 Å². The molecule has 0 aliphatic carbocycles. The Morgan fingerprint density at radius 1 is 0.759 bits per heavy atom. The van der Waals surface area contributed by atoms with E-state index in [0.29, 0.717) is 0 Å². The van der Waals surface area contributed by atoms with Gasteiger partial charge in [-0.15, -0.1) is 0 Å². The molecule has 1 aromatic heterocycles. The van der Waals surface area contributed by atoms with Crippen LogP contribution in [0.1, 0.15) is 6.42 Å². The maximum Gasteiger partial charge on any atom is 0.129 e. The summed E-state index contributed by atoms with van der Waals surface area (Å²) in [6.07, 6.45) is 1.05. The highest BCUT2D eigenvalue weighted by atomic mass is 16.5. The third-order valence-electron chi connectivity index (χ3n) is 5.86. The first-order valence-electron chi connectivity index (χ1n) is 10.5. The summed E-state index contributed by atoms with van der Waals surface area (Å²) in [5, 5.41) is 2.43. The summed E-state index contributed by atoms with van der Waals surface area (Å²) in [4.78, 5) is 8.51. The highest BCUT2D eigenvalue weighted by molar-refractivity contribution is 6.10. The summed E-state index contributed by atoms with van der Waals surface area (Å²) >= 11 is 0. The van der Waals surface area contributed by atoms with E-state index in [1.807, 2.05) is 0 Å².